The standard InChI is InChI=1S/C69H137NO5/c1-3-5-7-9-11-13-15-17-35-39-43-47-51-55-59-63-69(74)75-64-60-56-52-48-44-40-37-34-32-30-28-26-24-22-20-18-19-21-23-25-27-29-31-33-36-38-42-46-50-54-58-62-68(73)70-66(65-71)67(72)61-57-53-49-45-41-16-14-12-10-8-6-4-2/h66-67,71-72H,3-65H2,1-2H3,(H,70,73). The summed E-state index contributed by atoms with van der Waals surface area (Å²) in [7, 11) is 0. The van der Waals surface area contributed by atoms with E-state index in [-0.39, 0.29) is 18.5 Å². The minimum atomic E-state index is -0.659. The Kier molecular flexibility index (Phi) is 64.4. The number of rotatable bonds is 66. The van der Waals surface area contributed by atoms with Crippen molar-refractivity contribution < 1.29 is 24.5 Å². The topological polar surface area (TPSA) is 95.9 Å². The highest BCUT2D eigenvalue weighted by atomic mass is 16.5. The fourth-order valence-corrected chi connectivity index (χ4v) is 11.4. The minimum absolute atomic E-state index is 0.0246. The van der Waals surface area contributed by atoms with E-state index in [1.807, 2.05) is 0 Å². The predicted molar refractivity (Wildman–Crippen MR) is 329 cm³/mol. The van der Waals surface area contributed by atoms with E-state index in [1.54, 1.807) is 0 Å². The van der Waals surface area contributed by atoms with Crippen molar-refractivity contribution in [2.24, 2.45) is 0 Å². The third kappa shape index (κ3) is 61.9. The molecule has 2 unspecified atom stereocenters. The molecular weight excluding hydrogens is 923 g/mol. The lowest BCUT2D eigenvalue weighted by Gasteiger charge is -2.22. The van der Waals surface area contributed by atoms with Gasteiger partial charge in [0.2, 0.25) is 5.91 Å². The van der Waals surface area contributed by atoms with Crippen molar-refractivity contribution in [3.05, 3.63) is 0 Å². The molecule has 0 aromatic heterocycles. The normalized spacial score (nSPS) is 12.4. The van der Waals surface area contributed by atoms with Crippen LogP contribution in [0.25, 0.3) is 0 Å². The minimum Gasteiger partial charge on any atom is -0.466 e. The van der Waals surface area contributed by atoms with Gasteiger partial charge in [-0.25, -0.2) is 0 Å². The molecule has 2 atom stereocenters. The van der Waals surface area contributed by atoms with E-state index in [9.17, 15) is 19.8 Å². The molecule has 0 aliphatic rings. The highest BCUT2D eigenvalue weighted by Crippen LogP contribution is 2.19. The van der Waals surface area contributed by atoms with Crippen LogP contribution in [0, 0.1) is 0 Å². The molecule has 448 valence electrons. The van der Waals surface area contributed by atoms with Gasteiger partial charge in [-0.05, 0) is 25.7 Å². The van der Waals surface area contributed by atoms with Crippen LogP contribution in [0.3, 0.4) is 0 Å². The summed E-state index contributed by atoms with van der Waals surface area (Å²) < 4.78 is 5.50. The van der Waals surface area contributed by atoms with Gasteiger partial charge in [-0.15, -0.1) is 0 Å². The Morgan fingerprint density at radius 3 is 0.813 bits per heavy atom. The van der Waals surface area contributed by atoms with Gasteiger partial charge < -0.3 is 20.3 Å². The highest BCUT2D eigenvalue weighted by molar-refractivity contribution is 5.76. The second kappa shape index (κ2) is 65.4. The number of amides is 1. The molecule has 0 radical (unpaired) electrons. The molecule has 6 nitrogen and oxygen atoms in total. The first-order valence-corrected chi connectivity index (χ1v) is 34.8. The summed E-state index contributed by atoms with van der Waals surface area (Å²) in [5.41, 5.74) is 0. The molecular formula is C69H137NO5. The molecule has 75 heavy (non-hydrogen) atoms. The third-order valence-corrected chi connectivity index (χ3v) is 16.7. The highest BCUT2D eigenvalue weighted by Gasteiger charge is 2.20. The molecule has 0 saturated carbocycles. The number of aliphatic hydroxyl groups is 2. The zero-order valence-corrected chi connectivity index (χ0v) is 51.3. The molecule has 0 aromatic rings. The van der Waals surface area contributed by atoms with Gasteiger partial charge in [0.1, 0.15) is 0 Å². The molecule has 0 spiro atoms. The molecule has 0 aromatic carbocycles. The van der Waals surface area contributed by atoms with Crippen molar-refractivity contribution in [2.45, 2.75) is 418 Å². The number of aliphatic hydroxyl groups excluding tert-OH is 2. The first-order chi connectivity index (χ1) is 37.0. The van der Waals surface area contributed by atoms with Crippen LogP contribution in [0.4, 0.5) is 0 Å². The van der Waals surface area contributed by atoms with Crippen molar-refractivity contribution in [1.29, 1.82) is 0 Å². The van der Waals surface area contributed by atoms with Crippen molar-refractivity contribution in [2.75, 3.05) is 13.2 Å². The monoisotopic (exact) mass is 1060 g/mol. The van der Waals surface area contributed by atoms with Crippen LogP contribution >= 0.6 is 0 Å². The van der Waals surface area contributed by atoms with Crippen LogP contribution < -0.4 is 5.32 Å². The lowest BCUT2D eigenvalue weighted by Crippen LogP contribution is -2.45. The van der Waals surface area contributed by atoms with E-state index in [2.05, 4.69) is 19.2 Å². The molecule has 0 rings (SSSR count). The number of unbranched alkanes of at least 4 members (excludes halogenated alkanes) is 55. The summed E-state index contributed by atoms with van der Waals surface area (Å²) in [6, 6.07) is -0.536. The second-order valence-corrected chi connectivity index (χ2v) is 24.2. The van der Waals surface area contributed by atoms with Gasteiger partial charge in [0.05, 0.1) is 25.4 Å². The summed E-state index contributed by atoms with van der Waals surface area (Å²) in [5.74, 6) is -0.00387. The van der Waals surface area contributed by atoms with E-state index in [0.29, 0.717) is 25.9 Å². The van der Waals surface area contributed by atoms with Gasteiger partial charge in [-0.2, -0.15) is 0 Å². The maximum atomic E-state index is 12.5. The molecule has 3 N–H and O–H groups in total. The van der Waals surface area contributed by atoms with Crippen molar-refractivity contribution in [3.8, 4) is 0 Å². The van der Waals surface area contributed by atoms with Gasteiger partial charge in [-0.3, -0.25) is 9.59 Å². The number of esters is 1. The van der Waals surface area contributed by atoms with Gasteiger partial charge in [0, 0.05) is 12.8 Å². The Balaban J connectivity index is 3.29. The van der Waals surface area contributed by atoms with E-state index in [0.717, 1.165) is 38.5 Å². The number of ether oxygens (including phenoxy) is 1. The van der Waals surface area contributed by atoms with E-state index in [4.69, 9.17) is 4.74 Å². The fraction of sp³-hybridized carbons (Fsp3) is 0.971. The lowest BCUT2D eigenvalue weighted by atomic mass is 10.0. The van der Waals surface area contributed by atoms with Crippen LogP contribution in [-0.4, -0.2) is 47.4 Å². The third-order valence-electron chi connectivity index (χ3n) is 16.7. The average Bonchev–Trinajstić information content (AvgIpc) is 3.41. The number of carbonyl (C=O) groups is 2. The van der Waals surface area contributed by atoms with Crippen molar-refractivity contribution in [3.63, 3.8) is 0 Å². The Bertz CT molecular complexity index is 1080. The quantitative estimate of drug-likeness (QED) is 0.0417. The van der Waals surface area contributed by atoms with Crippen LogP contribution in [0.1, 0.15) is 406 Å². The number of hydrogen-bond acceptors (Lipinski definition) is 5. The first kappa shape index (κ1) is 73.9. The zero-order chi connectivity index (χ0) is 54.3. The van der Waals surface area contributed by atoms with E-state index >= 15 is 0 Å². The summed E-state index contributed by atoms with van der Waals surface area (Å²) >= 11 is 0. The summed E-state index contributed by atoms with van der Waals surface area (Å²) in [6.45, 7) is 4.99. The van der Waals surface area contributed by atoms with Crippen LogP contribution in [0.5, 0.6) is 0 Å². The second-order valence-electron chi connectivity index (χ2n) is 24.2. The zero-order valence-electron chi connectivity index (χ0n) is 51.3. The van der Waals surface area contributed by atoms with Gasteiger partial charge in [0.15, 0.2) is 0 Å². The molecule has 0 fully saturated rings. The van der Waals surface area contributed by atoms with Crippen LogP contribution in [0.2, 0.25) is 0 Å². The Labute approximate surface area is 470 Å². The first-order valence-electron chi connectivity index (χ1n) is 34.8. The largest absolute Gasteiger partial charge is 0.466 e. The molecule has 1 amide bonds. The number of hydrogen-bond donors (Lipinski definition) is 3. The van der Waals surface area contributed by atoms with Gasteiger partial charge in [-0.1, -0.05) is 367 Å². The molecule has 0 heterocycles. The molecule has 0 saturated heterocycles. The maximum absolute atomic E-state index is 12.5. The van der Waals surface area contributed by atoms with E-state index < -0.39 is 12.1 Å². The molecule has 0 aliphatic carbocycles. The predicted octanol–water partition coefficient (Wildman–Crippen LogP) is 22.2. The Morgan fingerprint density at radius 1 is 0.320 bits per heavy atom. The molecule has 6 heteroatoms. The lowest BCUT2D eigenvalue weighted by molar-refractivity contribution is -0.143. The summed E-state index contributed by atoms with van der Waals surface area (Å²) in [6.07, 6.45) is 78.7. The van der Waals surface area contributed by atoms with Gasteiger partial charge >= 0.3 is 5.97 Å². The van der Waals surface area contributed by atoms with Crippen LogP contribution in [0.15, 0.2) is 0 Å². The SMILES string of the molecule is CCCCCCCCCCCCCCCCCC(=O)OCCCCCCCCCCCCCCCCCCCCCCCCCCCCCCCCCC(=O)NC(CO)C(O)CCCCCCCCCCCCCC. The number of carbonyl (C=O) groups excluding carboxylic acids is 2. The van der Waals surface area contributed by atoms with Crippen molar-refractivity contribution >= 4 is 11.9 Å². The van der Waals surface area contributed by atoms with Gasteiger partial charge in [0.25, 0.3) is 0 Å². The number of nitrogens with one attached hydrogen (secondary N) is 1. The summed E-state index contributed by atoms with van der Waals surface area (Å²) in [4.78, 5) is 24.5. The van der Waals surface area contributed by atoms with Crippen LogP contribution in [-0.2, 0) is 14.3 Å². The fourth-order valence-electron chi connectivity index (χ4n) is 11.4. The average molecular weight is 1060 g/mol. The maximum Gasteiger partial charge on any atom is 0.305 e. The van der Waals surface area contributed by atoms with Crippen molar-refractivity contribution in [1.82, 2.24) is 5.32 Å². The smallest absolute Gasteiger partial charge is 0.305 e. The Morgan fingerprint density at radius 2 is 0.547 bits per heavy atom. The van der Waals surface area contributed by atoms with E-state index in [1.165, 1.54) is 334 Å². The molecule has 0 aliphatic heterocycles. The molecule has 0 bridgehead atoms. The summed E-state index contributed by atoms with van der Waals surface area (Å²) in [5, 5.41) is 23.3. The Hall–Kier alpha value is -1.14.